The summed E-state index contributed by atoms with van der Waals surface area (Å²) < 4.78 is 41.3. The first-order valence-corrected chi connectivity index (χ1v) is 13.4. The van der Waals surface area contributed by atoms with E-state index in [1.165, 1.54) is 17.1 Å². The highest BCUT2D eigenvalue weighted by Gasteiger charge is 2.31. The van der Waals surface area contributed by atoms with Crippen molar-refractivity contribution in [2.75, 3.05) is 17.8 Å². The van der Waals surface area contributed by atoms with Crippen LogP contribution in [0.25, 0.3) is 11.3 Å². The number of carbonyl (C=O) groups is 1. The molecule has 1 N–H and O–H groups in total. The molecule has 1 saturated heterocycles. The topological polar surface area (TPSA) is 129 Å². The van der Waals surface area contributed by atoms with Crippen molar-refractivity contribution in [1.82, 2.24) is 24.6 Å². The Bertz CT molecular complexity index is 1390. The minimum absolute atomic E-state index is 0.0117. The van der Waals surface area contributed by atoms with Crippen LogP contribution in [0.15, 0.2) is 41.6 Å². The molecule has 0 aliphatic carbocycles. The lowest BCUT2D eigenvalue weighted by Crippen LogP contribution is -2.36. The average molecular weight is 529 g/mol. The number of sulfonamides is 1. The van der Waals surface area contributed by atoms with Crippen LogP contribution in [0.1, 0.15) is 38.3 Å². The monoisotopic (exact) mass is 528 g/mol. The Morgan fingerprint density at radius 3 is 2.49 bits per heavy atom. The van der Waals surface area contributed by atoms with Gasteiger partial charge in [0.15, 0.2) is 0 Å². The maximum absolute atomic E-state index is 12.9. The highest BCUT2D eigenvalue weighted by molar-refractivity contribution is 7.92. The summed E-state index contributed by atoms with van der Waals surface area (Å²) >= 11 is 0. The molecule has 198 valence electrons. The van der Waals surface area contributed by atoms with E-state index in [-0.39, 0.29) is 22.8 Å². The van der Waals surface area contributed by atoms with Gasteiger partial charge in [0.1, 0.15) is 16.6 Å². The first-order valence-electron chi connectivity index (χ1n) is 11.9. The van der Waals surface area contributed by atoms with Crippen molar-refractivity contribution < 1.29 is 22.7 Å². The van der Waals surface area contributed by atoms with Crippen LogP contribution in [-0.4, -0.2) is 64.0 Å². The van der Waals surface area contributed by atoms with Crippen LogP contribution < -0.4 is 9.46 Å². The van der Waals surface area contributed by atoms with Gasteiger partial charge in [-0.05, 0) is 45.7 Å². The fourth-order valence-electron chi connectivity index (χ4n) is 4.08. The van der Waals surface area contributed by atoms with E-state index < -0.39 is 21.7 Å². The van der Waals surface area contributed by atoms with Gasteiger partial charge in [0.05, 0.1) is 18.4 Å². The van der Waals surface area contributed by atoms with Crippen molar-refractivity contribution in [3.05, 3.63) is 47.8 Å². The van der Waals surface area contributed by atoms with Gasteiger partial charge in [-0.25, -0.2) is 22.9 Å². The molecule has 0 saturated carbocycles. The molecular weight excluding hydrogens is 496 g/mol. The number of ether oxygens (including phenoxy) is 2. The smallest absolute Gasteiger partial charge is 0.410 e. The average Bonchev–Trinajstić information content (AvgIpc) is 3.42. The standard InChI is InChI=1S/C25H32N6O5S/c1-16-8-7-9-17(2)22(16)20-12-21(35-18-10-11-31(14-18)24(32)36-25(3,4)5)28-23(27-20)29-37(33,34)19-13-26-30(6)15-19/h7-9,12-13,15,18H,10-11,14H2,1-6H3,(H,27,28,29). The van der Waals surface area contributed by atoms with E-state index in [0.29, 0.717) is 25.2 Å². The third-order valence-corrected chi connectivity index (χ3v) is 7.02. The van der Waals surface area contributed by atoms with E-state index in [0.717, 1.165) is 16.7 Å². The van der Waals surface area contributed by atoms with Gasteiger partial charge in [-0.3, -0.25) is 4.68 Å². The third kappa shape index (κ3) is 6.37. The lowest BCUT2D eigenvalue weighted by atomic mass is 10.00. The molecule has 1 unspecified atom stereocenters. The first-order chi connectivity index (χ1) is 17.3. The van der Waals surface area contributed by atoms with Crippen LogP contribution in [0.4, 0.5) is 10.7 Å². The van der Waals surface area contributed by atoms with Crippen molar-refractivity contribution in [1.29, 1.82) is 0 Å². The van der Waals surface area contributed by atoms with E-state index in [1.807, 2.05) is 52.8 Å². The molecule has 12 heteroatoms. The van der Waals surface area contributed by atoms with Gasteiger partial charge in [-0.2, -0.15) is 10.1 Å². The fourth-order valence-corrected chi connectivity index (χ4v) is 5.01. The number of rotatable bonds is 6. The molecule has 1 aromatic carbocycles. The van der Waals surface area contributed by atoms with Gasteiger partial charge >= 0.3 is 6.09 Å². The van der Waals surface area contributed by atoms with Crippen molar-refractivity contribution in [3.8, 4) is 17.1 Å². The van der Waals surface area contributed by atoms with Crippen molar-refractivity contribution in [2.24, 2.45) is 7.05 Å². The second kappa shape index (κ2) is 10.0. The zero-order valence-corrected chi connectivity index (χ0v) is 22.7. The molecule has 1 atom stereocenters. The highest BCUT2D eigenvalue weighted by Crippen LogP contribution is 2.30. The number of hydrogen-bond acceptors (Lipinski definition) is 8. The third-order valence-electron chi connectivity index (χ3n) is 5.74. The number of carbonyl (C=O) groups excluding carboxylic acids is 1. The van der Waals surface area contributed by atoms with Crippen LogP contribution in [0.2, 0.25) is 0 Å². The molecule has 1 amide bonds. The Morgan fingerprint density at radius 1 is 1.16 bits per heavy atom. The van der Waals surface area contributed by atoms with Gasteiger partial charge in [0.2, 0.25) is 11.8 Å². The molecule has 3 aromatic rings. The predicted octanol–water partition coefficient (Wildman–Crippen LogP) is 3.68. The quantitative estimate of drug-likeness (QED) is 0.513. The lowest BCUT2D eigenvalue weighted by Gasteiger charge is -2.24. The van der Waals surface area contributed by atoms with Crippen molar-refractivity contribution >= 4 is 22.1 Å². The van der Waals surface area contributed by atoms with Gasteiger partial charge < -0.3 is 14.4 Å². The number of aryl methyl sites for hydroxylation is 3. The summed E-state index contributed by atoms with van der Waals surface area (Å²) in [4.78, 5) is 22.9. The number of hydrogen-bond donors (Lipinski definition) is 1. The summed E-state index contributed by atoms with van der Waals surface area (Å²) in [6.45, 7) is 10.2. The van der Waals surface area contributed by atoms with E-state index in [4.69, 9.17) is 9.47 Å². The Labute approximate surface area is 216 Å². The summed E-state index contributed by atoms with van der Waals surface area (Å²) in [5, 5.41) is 3.93. The van der Waals surface area contributed by atoms with Gasteiger partial charge in [0, 0.05) is 37.8 Å². The normalized spacial score (nSPS) is 16.1. The minimum atomic E-state index is -3.98. The molecule has 0 bridgehead atoms. The summed E-state index contributed by atoms with van der Waals surface area (Å²) in [5.74, 6) is 0.0774. The molecule has 1 fully saturated rings. The number of nitrogens with zero attached hydrogens (tertiary/aromatic N) is 5. The number of likely N-dealkylation sites (tertiary alicyclic amines) is 1. The molecule has 11 nitrogen and oxygen atoms in total. The maximum atomic E-state index is 12.9. The zero-order chi connectivity index (χ0) is 27.0. The zero-order valence-electron chi connectivity index (χ0n) is 21.8. The number of aromatic nitrogens is 4. The summed E-state index contributed by atoms with van der Waals surface area (Å²) in [6, 6.07) is 7.55. The number of benzene rings is 1. The molecule has 4 rings (SSSR count). The van der Waals surface area contributed by atoms with E-state index in [2.05, 4.69) is 19.8 Å². The fraction of sp³-hybridized carbons (Fsp3) is 0.440. The molecule has 2 aromatic heterocycles. The second-order valence-corrected chi connectivity index (χ2v) is 11.8. The molecule has 1 aliphatic rings. The first kappa shape index (κ1) is 26.4. The summed E-state index contributed by atoms with van der Waals surface area (Å²) in [6.07, 6.45) is 2.48. The highest BCUT2D eigenvalue weighted by atomic mass is 32.2. The largest absolute Gasteiger partial charge is 0.472 e. The second-order valence-electron chi connectivity index (χ2n) is 10.1. The van der Waals surface area contributed by atoms with E-state index in [9.17, 15) is 13.2 Å². The number of anilines is 1. The summed E-state index contributed by atoms with van der Waals surface area (Å²) in [5.41, 5.74) is 2.73. The molecular formula is C25H32N6O5S. The van der Waals surface area contributed by atoms with Crippen LogP contribution in [-0.2, 0) is 21.8 Å². The van der Waals surface area contributed by atoms with E-state index >= 15 is 0 Å². The van der Waals surface area contributed by atoms with Gasteiger partial charge in [0.25, 0.3) is 10.0 Å². The predicted molar refractivity (Wildman–Crippen MR) is 138 cm³/mol. The Balaban J connectivity index is 1.63. The SMILES string of the molecule is Cc1cccc(C)c1-c1cc(OC2CCN(C(=O)OC(C)(C)C)C2)nc(NS(=O)(=O)c2cnn(C)c2)n1. The van der Waals surface area contributed by atoms with Crippen LogP contribution in [0.3, 0.4) is 0 Å². The Morgan fingerprint density at radius 2 is 1.86 bits per heavy atom. The summed E-state index contributed by atoms with van der Waals surface area (Å²) in [7, 11) is -2.35. The lowest BCUT2D eigenvalue weighted by molar-refractivity contribution is 0.0275. The van der Waals surface area contributed by atoms with E-state index in [1.54, 1.807) is 18.0 Å². The minimum Gasteiger partial charge on any atom is -0.472 e. The Kier molecular flexibility index (Phi) is 7.13. The van der Waals surface area contributed by atoms with Crippen LogP contribution in [0.5, 0.6) is 5.88 Å². The Hall–Kier alpha value is -3.67. The number of nitrogens with one attached hydrogen (secondary N) is 1. The molecule has 3 heterocycles. The maximum Gasteiger partial charge on any atom is 0.410 e. The van der Waals surface area contributed by atoms with Crippen LogP contribution >= 0.6 is 0 Å². The van der Waals surface area contributed by atoms with Crippen LogP contribution in [0, 0.1) is 13.8 Å². The van der Waals surface area contributed by atoms with Gasteiger partial charge in [-0.15, -0.1) is 0 Å². The molecule has 37 heavy (non-hydrogen) atoms. The van der Waals surface area contributed by atoms with Crippen molar-refractivity contribution in [2.45, 2.75) is 57.6 Å². The molecule has 0 radical (unpaired) electrons. The number of amides is 1. The van der Waals surface area contributed by atoms with Gasteiger partial charge in [-0.1, -0.05) is 18.2 Å². The molecule has 1 aliphatic heterocycles. The van der Waals surface area contributed by atoms with Crippen molar-refractivity contribution in [3.63, 3.8) is 0 Å². The molecule has 0 spiro atoms.